The van der Waals surface area contributed by atoms with Gasteiger partial charge in [-0.3, -0.25) is 15.6 Å². The zero-order chi connectivity index (χ0) is 16.2. The van der Waals surface area contributed by atoms with Gasteiger partial charge in [0.1, 0.15) is 5.82 Å². The van der Waals surface area contributed by atoms with E-state index >= 15 is 0 Å². The van der Waals surface area contributed by atoms with Gasteiger partial charge in [-0.15, -0.1) is 0 Å². The predicted octanol–water partition coefficient (Wildman–Crippen LogP) is 1.31. The fraction of sp³-hybridized carbons (Fsp3) is 0.529. The quantitative estimate of drug-likeness (QED) is 0.844. The number of likely N-dealkylation sites (N-methyl/N-ethyl adjacent to an activating group) is 1. The number of hydrogen-bond donors (Lipinski definition) is 2. The molecule has 6 heteroatoms. The number of carbonyl (C=O) groups is 1. The number of hydrazine groups is 1. The Morgan fingerprint density at radius 1 is 1.43 bits per heavy atom. The summed E-state index contributed by atoms with van der Waals surface area (Å²) in [4.78, 5) is 18.9. The van der Waals surface area contributed by atoms with E-state index in [1.807, 2.05) is 30.1 Å². The summed E-state index contributed by atoms with van der Waals surface area (Å²) in [6, 6.07) is 8.47. The maximum absolute atomic E-state index is 12.4. The molecule has 1 aliphatic heterocycles. The average molecular weight is 315 g/mol. The first-order valence-electron chi connectivity index (χ1n) is 8.35. The zero-order valence-corrected chi connectivity index (χ0v) is 13.9. The smallest absolute Gasteiger partial charge is 0.224 e. The lowest BCUT2D eigenvalue weighted by atomic mass is 10.2. The van der Waals surface area contributed by atoms with Crippen molar-refractivity contribution in [2.24, 2.45) is 0 Å². The molecule has 1 fully saturated rings. The summed E-state index contributed by atoms with van der Waals surface area (Å²) in [5.74, 6) is 1.22. The lowest BCUT2D eigenvalue weighted by Crippen LogP contribution is -2.41. The lowest BCUT2D eigenvalue weighted by molar-refractivity contribution is -0.130. The Hall–Kier alpha value is -1.92. The first-order chi connectivity index (χ1) is 11.2. The first-order valence-corrected chi connectivity index (χ1v) is 8.35. The number of nitrogens with zero attached hydrogens (tertiary/aromatic N) is 3. The number of rotatable bonds is 6. The normalized spacial score (nSPS) is 17.7. The monoisotopic (exact) mass is 315 g/mol. The fourth-order valence-electron chi connectivity index (χ4n) is 3.15. The van der Waals surface area contributed by atoms with Crippen molar-refractivity contribution in [1.82, 2.24) is 25.3 Å². The second-order valence-corrected chi connectivity index (χ2v) is 6.10. The Labute approximate surface area is 136 Å². The van der Waals surface area contributed by atoms with Crippen LogP contribution in [0.25, 0.3) is 11.0 Å². The molecular weight excluding hydrogens is 290 g/mol. The highest BCUT2D eigenvalue weighted by Gasteiger charge is 2.19. The van der Waals surface area contributed by atoms with Crippen molar-refractivity contribution in [3.8, 4) is 0 Å². The van der Waals surface area contributed by atoms with Crippen LogP contribution in [0.3, 0.4) is 0 Å². The van der Waals surface area contributed by atoms with E-state index in [-0.39, 0.29) is 5.91 Å². The number of carbonyl (C=O) groups excluding carboxylic acids is 1. The molecule has 1 aromatic carbocycles. The summed E-state index contributed by atoms with van der Waals surface area (Å²) in [7, 11) is 1.88. The van der Waals surface area contributed by atoms with Crippen molar-refractivity contribution in [3.63, 3.8) is 0 Å². The van der Waals surface area contributed by atoms with Gasteiger partial charge in [-0.25, -0.2) is 4.98 Å². The Morgan fingerprint density at radius 2 is 2.26 bits per heavy atom. The van der Waals surface area contributed by atoms with Crippen LogP contribution in [0.4, 0.5) is 0 Å². The lowest BCUT2D eigenvalue weighted by Gasteiger charge is -2.21. The fourth-order valence-corrected chi connectivity index (χ4v) is 3.15. The van der Waals surface area contributed by atoms with E-state index in [1.165, 1.54) is 0 Å². The van der Waals surface area contributed by atoms with Gasteiger partial charge in [0.05, 0.1) is 11.0 Å². The van der Waals surface area contributed by atoms with E-state index in [1.54, 1.807) is 0 Å². The molecule has 0 bridgehead atoms. The molecule has 0 aliphatic carbocycles. The Bertz CT molecular complexity index is 675. The third-order valence-electron chi connectivity index (χ3n) is 4.44. The molecule has 0 saturated carbocycles. The SMILES string of the molecule is CCc1nc2ccccc2n1CCC(=O)N(C)CC1CCNN1. The number of fused-ring (bicyclic) bond motifs is 1. The molecule has 2 N–H and O–H groups in total. The topological polar surface area (TPSA) is 62.2 Å². The van der Waals surface area contributed by atoms with Crippen LogP contribution in [0.5, 0.6) is 0 Å². The number of para-hydroxylation sites is 2. The molecule has 6 nitrogen and oxygen atoms in total. The van der Waals surface area contributed by atoms with Gasteiger partial charge in [-0.1, -0.05) is 19.1 Å². The Kier molecular flexibility index (Phi) is 4.93. The predicted molar refractivity (Wildman–Crippen MR) is 90.9 cm³/mol. The van der Waals surface area contributed by atoms with Gasteiger partial charge < -0.3 is 9.47 Å². The van der Waals surface area contributed by atoms with Gasteiger partial charge in [0.15, 0.2) is 0 Å². The van der Waals surface area contributed by atoms with Gasteiger partial charge >= 0.3 is 0 Å². The summed E-state index contributed by atoms with van der Waals surface area (Å²) < 4.78 is 2.18. The summed E-state index contributed by atoms with van der Waals surface area (Å²) in [6.07, 6.45) is 2.43. The molecule has 0 radical (unpaired) electrons. The van der Waals surface area contributed by atoms with Crippen molar-refractivity contribution < 1.29 is 4.79 Å². The molecule has 1 aromatic heterocycles. The van der Waals surface area contributed by atoms with E-state index in [0.717, 1.165) is 42.8 Å². The minimum Gasteiger partial charge on any atom is -0.344 e. The number of aromatic nitrogens is 2. The molecule has 0 spiro atoms. The van der Waals surface area contributed by atoms with Crippen molar-refractivity contribution in [3.05, 3.63) is 30.1 Å². The standard InChI is InChI=1S/C17H25N5O/c1-3-16-19-14-6-4-5-7-15(14)22(16)11-9-17(23)21(2)12-13-8-10-18-20-13/h4-7,13,18,20H,3,8-12H2,1-2H3. The van der Waals surface area contributed by atoms with Crippen LogP contribution in [0, 0.1) is 0 Å². The Balaban J connectivity index is 1.64. The van der Waals surface area contributed by atoms with Gasteiger partial charge in [0.25, 0.3) is 0 Å². The van der Waals surface area contributed by atoms with Crippen LogP contribution in [0.1, 0.15) is 25.6 Å². The molecule has 1 atom stereocenters. The average Bonchev–Trinajstić information content (AvgIpc) is 3.19. The van der Waals surface area contributed by atoms with Gasteiger partial charge in [-0.05, 0) is 18.6 Å². The van der Waals surface area contributed by atoms with Gasteiger partial charge in [-0.2, -0.15) is 0 Å². The molecule has 1 unspecified atom stereocenters. The number of amides is 1. The molecule has 1 aliphatic rings. The summed E-state index contributed by atoms with van der Waals surface area (Å²) in [5.41, 5.74) is 8.42. The molecule has 2 aromatic rings. The van der Waals surface area contributed by atoms with Crippen LogP contribution in [-0.2, 0) is 17.8 Å². The third kappa shape index (κ3) is 3.54. The maximum atomic E-state index is 12.4. The van der Waals surface area contributed by atoms with E-state index in [4.69, 9.17) is 0 Å². The summed E-state index contributed by atoms with van der Waals surface area (Å²) in [5, 5.41) is 0. The number of benzene rings is 1. The van der Waals surface area contributed by atoms with Crippen molar-refractivity contribution in [1.29, 1.82) is 0 Å². The molecule has 1 amide bonds. The minimum atomic E-state index is 0.179. The summed E-state index contributed by atoms with van der Waals surface area (Å²) in [6.45, 7) is 4.50. The van der Waals surface area contributed by atoms with Crippen molar-refractivity contribution >= 4 is 16.9 Å². The molecule has 2 heterocycles. The second kappa shape index (κ2) is 7.10. The highest BCUT2D eigenvalue weighted by Crippen LogP contribution is 2.17. The Morgan fingerprint density at radius 3 is 3.00 bits per heavy atom. The molecule has 1 saturated heterocycles. The minimum absolute atomic E-state index is 0.179. The molecule has 3 rings (SSSR count). The largest absolute Gasteiger partial charge is 0.344 e. The first kappa shape index (κ1) is 16.0. The number of hydrogen-bond acceptors (Lipinski definition) is 4. The molecular formula is C17H25N5O. The number of aryl methyl sites for hydroxylation is 2. The van der Waals surface area contributed by atoms with Crippen LogP contribution < -0.4 is 10.9 Å². The number of nitrogens with one attached hydrogen (secondary N) is 2. The van der Waals surface area contributed by atoms with Gasteiger partial charge in [0, 0.05) is 45.6 Å². The van der Waals surface area contributed by atoms with Crippen LogP contribution in [0.2, 0.25) is 0 Å². The molecule has 23 heavy (non-hydrogen) atoms. The highest BCUT2D eigenvalue weighted by atomic mass is 16.2. The van der Waals surface area contributed by atoms with E-state index in [9.17, 15) is 4.79 Å². The third-order valence-corrected chi connectivity index (χ3v) is 4.44. The van der Waals surface area contributed by atoms with E-state index < -0.39 is 0 Å². The van der Waals surface area contributed by atoms with Crippen LogP contribution in [-0.4, -0.2) is 46.5 Å². The van der Waals surface area contributed by atoms with Crippen LogP contribution >= 0.6 is 0 Å². The number of imidazole rings is 1. The van der Waals surface area contributed by atoms with Crippen LogP contribution in [0.15, 0.2) is 24.3 Å². The summed E-state index contributed by atoms with van der Waals surface area (Å²) >= 11 is 0. The molecule has 124 valence electrons. The van der Waals surface area contributed by atoms with Crippen molar-refractivity contribution in [2.75, 3.05) is 20.1 Å². The highest BCUT2D eigenvalue weighted by molar-refractivity contribution is 5.78. The second-order valence-electron chi connectivity index (χ2n) is 6.10. The van der Waals surface area contributed by atoms with E-state index in [2.05, 4.69) is 33.4 Å². The zero-order valence-electron chi connectivity index (χ0n) is 13.9. The van der Waals surface area contributed by atoms with Gasteiger partial charge in [0.2, 0.25) is 5.91 Å². The van der Waals surface area contributed by atoms with E-state index in [0.29, 0.717) is 19.0 Å². The maximum Gasteiger partial charge on any atom is 0.224 e. The van der Waals surface area contributed by atoms with Crippen molar-refractivity contribution in [2.45, 2.75) is 38.8 Å².